The fourth-order valence-electron chi connectivity index (χ4n) is 3.42. The number of carbonyl (C=O) groups excluding carboxylic acids is 3. The first-order valence-electron chi connectivity index (χ1n) is 10.7. The van der Waals surface area contributed by atoms with Crippen LogP contribution in [0.2, 0.25) is 0 Å². The second-order valence-corrected chi connectivity index (χ2v) is 9.27. The molecule has 12 heteroatoms. The van der Waals surface area contributed by atoms with Gasteiger partial charge in [0.05, 0.1) is 17.1 Å². The number of nitrogens with zero attached hydrogens (tertiary/aromatic N) is 4. The highest BCUT2D eigenvalue weighted by molar-refractivity contribution is 7.17. The van der Waals surface area contributed by atoms with E-state index in [1.807, 2.05) is 14.1 Å². The minimum absolute atomic E-state index is 0.204. The highest BCUT2D eigenvalue weighted by atomic mass is 32.1. The van der Waals surface area contributed by atoms with Crippen LogP contribution in [0, 0.1) is 6.92 Å². The van der Waals surface area contributed by atoms with Gasteiger partial charge >= 0.3 is 0 Å². The fraction of sp³-hybridized carbons (Fsp3) is 0.364. The molecule has 0 aliphatic carbocycles. The number of nitrogens with one attached hydrogen (secondary N) is 3. The molecule has 0 saturated heterocycles. The largest absolute Gasteiger partial charge is 0.375 e. The van der Waals surface area contributed by atoms with E-state index in [1.165, 1.54) is 0 Å². The summed E-state index contributed by atoms with van der Waals surface area (Å²) in [5.74, 6) is -0.914. The second kappa shape index (κ2) is 10.5. The molecule has 0 bridgehead atoms. The molecule has 0 aliphatic rings. The third-order valence-corrected chi connectivity index (χ3v) is 6.06. The number of nitrogen functional groups attached to an aromatic ring is 1. The van der Waals surface area contributed by atoms with Crippen molar-refractivity contribution >= 4 is 45.6 Å². The SMILES string of the molecule is Cc1nc(N)sc1C(=O)Nc1cc(C(=O)Nc2cc(C(=O)NCCCN(C)C)n(C)c2)n(C)c1. The molecule has 0 aliphatic heterocycles. The summed E-state index contributed by atoms with van der Waals surface area (Å²) in [7, 11) is 7.42. The van der Waals surface area contributed by atoms with E-state index in [1.54, 1.807) is 54.7 Å². The molecule has 3 heterocycles. The lowest BCUT2D eigenvalue weighted by Crippen LogP contribution is -2.28. The number of nitrogens with two attached hydrogens (primary N) is 1. The van der Waals surface area contributed by atoms with Gasteiger partial charge < -0.3 is 35.7 Å². The van der Waals surface area contributed by atoms with E-state index in [-0.39, 0.29) is 17.7 Å². The number of aryl methyl sites for hydroxylation is 3. The molecule has 0 spiro atoms. The molecule has 0 unspecified atom stereocenters. The van der Waals surface area contributed by atoms with Gasteiger partial charge in [-0.1, -0.05) is 11.3 Å². The lowest BCUT2D eigenvalue weighted by atomic mass is 10.3. The van der Waals surface area contributed by atoms with E-state index in [0.29, 0.717) is 45.0 Å². The van der Waals surface area contributed by atoms with Crippen LogP contribution in [0.15, 0.2) is 24.5 Å². The average Bonchev–Trinajstić information content (AvgIpc) is 3.41. The Hall–Kier alpha value is -3.64. The Morgan fingerprint density at radius 1 is 1.00 bits per heavy atom. The Kier molecular flexibility index (Phi) is 7.74. The van der Waals surface area contributed by atoms with Crippen molar-refractivity contribution in [3.8, 4) is 0 Å². The van der Waals surface area contributed by atoms with E-state index in [9.17, 15) is 14.4 Å². The monoisotopic (exact) mass is 486 g/mol. The van der Waals surface area contributed by atoms with Crippen LogP contribution in [-0.2, 0) is 14.1 Å². The number of hydrogen-bond donors (Lipinski definition) is 4. The third-order valence-electron chi connectivity index (χ3n) is 5.08. The van der Waals surface area contributed by atoms with Gasteiger partial charge in [-0.2, -0.15) is 0 Å². The normalized spacial score (nSPS) is 11.0. The molecule has 0 aromatic carbocycles. The number of hydrogen-bond acceptors (Lipinski definition) is 7. The lowest BCUT2D eigenvalue weighted by Gasteiger charge is -2.10. The van der Waals surface area contributed by atoms with Crippen LogP contribution in [0.5, 0.6) is 0 Å². The van der Waals surface area contributed by atoms with E-state index in [2.05, 4.69) is 25.8 Å². The van der Waals surface area contributed by atoms with Gasteiger partial charge in [-0.25, -0.2) is 4.98 Å². The van der Waals surface area contributed by atoms with Crippen LogP contribution >= 0.6 is 11.3 Å². The van der Waals surface area contributed by atoms with Crippen molar-refractivity contribution in [3.63, 3.8) is 0 Å². The van der Waals surface area contributed by atoms with Crippen molar-refractivity contribution in [2.45, 2.75) is 13.3 Å². The average molecular weight is 487 g/mol. The predicted molar refractivity (Wildman–Crippen MR) is 133 cm³/mol. The van der Waals surface area contributed by atoms with E-state index < -0.39 is 0 Å². The minimum Gasteiger partial charge on any atom is -0.375 e. The number of amides is 3. The molecule has 34 heavy (non-hydrogen) atoms. The Morgan fingerprint density at radius 3 is 2.09 bits per heavy atom. The highest BCUT2D eigenvalue weighted by Gasteiger charge is 2.19. The maximum Gasteiger partial charge on any atom is 0.272 e. The van der Waals surface area contributed by atoms with E-state index in [4.69, 9.17) is 5.73 Å². The molecular formula is C22H30N8O3S. The Labute approximate surface area is 201 Å². The summed E-state index contributed by atoms with van der Waals surface area (Å²) in [5, 5.41) is 8.78. The maximum atomic E-state index is 12.8. The van der Waals surface area contributed by atoms with Crippen LogP contribution in [-0.4, -0.2) is 63.9 Å². The summed E-state index contributed by atoms with van der Waals surface area (Å²) in [4.78, 5) is 44.4. The van der Waals surface area contributed by atoms with Crippen LogP contribution in [0.4, 0.5) is 16.5 Å². The highest BCUT2D eigenvalue weighted by Crippen LogP contribution is 2.22. The first-order chi connectivity index (χ1) is 16.0. The fourth-order valence-corrected chi connectivity index (χ4v) is 4.14. The quantitative estimate of drug-likeness (QED) is 0.341. The molecule has 0 fully saturated rings. The molecular weight excluding hydrogens is 456 g/mol. The van der Waals surface area contributed by atoms with Gasteiger partial charge in [0.15, 0.2) is 5.13 Å². The summed E-state index contributed by atoms with van der Waals surface area (Å²) >= 11 is 1.11. The maximum absolute atomic E-state index is 12.8. The first kappa shape index (κ1) is 25.0. The molecule has 3 aromatic heterocycles. The van der Waals surface area contributed by atoms with Gasteiger partial charge in [0.25, 0.3) is 17.7 Å². The number of carbonyl (C=O) groups is 3. The summed E-state index contributed by atoms with van der Waals surface area (Å²) < 4.78 is 3.27. The van der Waals surface area contributed by atoms with Crippen LogP contribution < -0.4 is 21.7 Å². The van der Waals surface area contributed by atoms with E-state index >= 15 is 0 Å². The van der Waals surface area contributed by atoms with Gasteiger partial charge in [-0.15, -0.1) is 0 Å². The molecule has 3 rings (SSSR count). The summed E-state index contributed by atoms with van der Waals surface area (Å²) in [6, 6.07) is 3.20. The van der Waals surface area contributed by atoms with Crippen molar-refractivity contribution in [1.82, 2.24) is 24.3 Å². The van der Waals surface area contributed by atoms with Gasteiger partial charge in [0.1, 0.15) is 16.3 Å². The zero-order chi connectivity index (χ0) is 25.0. The topological polar surface area (TPSA) is 139 Å². The van der Waals surface area contributed by atoms with Crippen molar-refractivity contribution < 1.29 is 14.4 Å². The van der Waals surface area contributed by atoms with Crippen LogP contribution in [0.3, 0.4) is 0 Å². The second-order valence-electron chi connectivity index (χ2n) is 8.24. The minimum atomic E-state index is -0.371. The van der Waals surface area contributed by atoms with Gasteiger partial charge in [-0.05, 0) is 46.1 Å². The number of anilines is 3. The third kappa shape index (κ3) is 6.02. The van der Waals surface area contributed by atoms with Gasteiger partial charge in [-0.3, -0.25) is 14.4 Å². The molecule has 0 saturated carbocycles. The van der Waals surface area contributed by atoms with Gasteiger partial charge in [0, 0.05) is 33.0 Å². The number of aromatic nitrogens is 3. The van der Waals surface area contributed by atoms with Crippen LogP contribution in [0.1, 0.15) is 42.8 Å². The molecule has 5 N–H and O–H groups in total. The molecule has 0 radical (unpaired) electrons. The lowest BCUT2D eigenvalue weighted by molar-refractivity contribution is 0.0942. The number of rotatable bonds is 9. The Balaban J connectivity index is 1.63. The van der Waals surface area contributed by atoms with Crippen molar-refractivity contribution in [3.05, 3.63) is 46.5 Å². The summed E-state index contributed by atoms with van der Waals surface area (Å²) in [6.45, 7) is 3.16. The Bertz CT molecular complexity index is 1210. The van der Waals surface area contributed by atoms with Crippen molar-refractivity contribution in [2.24, 2.45) is 14.1 Å². The summed E-state index contributed by atoms with van der Waals surface area (Å²) in [5.41, 5.74) is 7.96. The van der Waals surface area contributed by atoms with Crippen LogP contribution in [0.25, 0.3) is 0 Å². The van der Waals surface area contributed by atoms with Gasteiger partial charge in [0.2, 0.25) is 0 Å². The number of thiazole rings is 1. The summed E-state index contributed by atoms with van der Waals surface area (Å²) in [6.07, 6.45) is 4.16. The predicted octanol–water partition coefficient (Wildman–Crippen LogP) is 1.90. The standard InChI is InChI=1S/C22H30N8O3S/c1-13-18(34-22(23)25-13)21(33)27-15-10-17(30(5)12-15)20(32)26-14-9-16(29(4)11-14)19(31)24-7-6-8-28(2)3/h9-12H,6-8H2,1-5H3,(H2,23,25)(H,24,31)(H,26,32)(H,27,33). The van der Waals surface area contributed by atoms with E-state index in [0.717, 1.165) is 24.3 Å². The molecule has 182 valence electrons. The smallest absolute Gasteiger partial charge is 0.272 e. The zero-order valence-electron chi connectivity index (χ0n) is 19.9. The molecule has 3 amide bonds. The molecule has 3 aromatic rings. The zero-order valence-corrected chi connectivity index (χ0v) is 20.7. The van der Waals surface area contributed by atoms with Crippen molar-refractivity contribution in [1.29, 1.82) is 0 Å². The Morgan fingerprint density at radius 2 is 1.56 bits per heavy atom. The van der Waals surface area contributed by atoms with Crippen molar-refractivity contribution in [2.75, 3.05) is 43.6 Å². The molecule has 11 nitrogen and oxygen atoms in total. The molecule has 0 atom stereocenters. The first-order valence-corrected chi connectivity index (χ1v) is 11.5.